The van der Waals surface area contributed by atoms with Crippen molar-refractivity contribution in [2.75, 3.05) is 12.3 Å². The van der Waals surface area contributed by atoms with Crippen LogP contribution in [0.1, 0.15) is 36.5 Å². The maximum absolute atomic E-state index is 13.6. The molecular weight excluding hydrogens is 495 g/mol. The first-order chi connectivity index (χ1) is 17.5. The first-order valence-corrected chi connectivity index (χ1v) is 13.7. The van der Waals surface area contributed by atoms with E-state index in [-0.39, 0.29) is 29.9 Å². The van der Waals surface area contributed by atoms with Gasteiger partial charge in [0.1, 0.15) is 11.9 Å². The SMILES string of the molecule is CCCCNC(=O)[C@@H](Cc1ccccc1)N(Cc1ccccc1Cl)C(=O)CSCc1ccc(F)cc1. The standard InChI is InChI=1S/C29H32ClFN2O2S/c1-2-3-17-32-29(35)27(18-22-9-5-4-6-10-22)33(19-24-11-7-8-12-26(24)30)28(34)21-36-20-23-13-15-25(31)16-14-23/h4-16,27H,2-3,17-21H2,1H3,(H,32,35)/t27-/m1/s1. The van der Waals surface area contributed by atoms with E-state index in [0.717, 1.165) is 29.5 Å². The Labute approximate surface area is 222 Å². The molecule has 0 saturated heterocycles. The zero-order valence-electron chi connectivity index (χ0n) is 20.5. The second kappa shape index (κ2) is 14.7. The molecule has 0 fully saturated rings. The molecule has 190 valence electrons. The summed E-state index contributed by atoms with van der Waals surface area (Å²) in [6.07, 6.45) is 2.24. The number of rotatable bonds is 13. The van der Waals surface area contributed by atoms with Gasteiger partial charge in [-0.1, -0.05) is 85.6 Å². The number of carbonyl (C=O) groups is 2. The number of carbonyl (C=O) groups excluding carboxylic acids is 2. The van der Waals surface area contributed by atoms with Gasteiger partial charge in [-0.3, -0.25) is 9.59 Å². The third-order valence-electron chi connectivity index (χ3n) is 5.81. The maximum Gasteiger partial charge on any atom is 0.243 e. The molecule has 0 saturated carbocycles. The van der Waals surface area contributed by atoms with Gasteiger partial charge in [-0.15, -0.1) is 11.8 Å². The molecular formula is C29H32ClFN2O2S. The summed E-state index contributed by atoms with van der Waals surface area (Å²) in [6, 6.07) is 22.7. The Kier molecular flexibility index (Phi) is 11.3. The normalized spacial score (nSPS) is 11.6. The van der Waals surface area contributed by atoms with Crippen LogP contribution in [-0.2, 0) is 28.3 Å². The van der Waals surface area contributed by atoms with Crippen molar-refractivity contribution in [2.24, 2.45) is 0 Å². The van der Waals surface area contributed by atoms with E-state index in [1.54, 1.807) is 23.1 Å². The molecule has 0 aliphatic carbocycles. The molecule has 2 amide bonds. The summed E-state index contributed by atoms with van der Waals surface area (Å²) < 4.78 is 13.2. The van der Waals surface area contributed by atoms with Crippen LogP contribution in [0, 0.1) is 5.82 Å². The number of halogens is 2. The molecule has 0 unspecified atom stereocenters. The van der Waals surface area contributed by atoms with Crippen molar-refractivity contribution in [3.05, 3.63) is 106 Å². The lowest BCUT2D eigenvalue weighted by atomic mass is 10.0. The van der Waals surface area contributed by atoms with Gasteiger partial charge < -0.3 is 10.2 Å². The number of amides is 2. The highest BCUT2D eigenvalue weighted by atomic mass is 35.5. The predicted octanol–water partition coefficient (Wildman–Crippen LogP) is 6.27. The summed E-state index contributed by atoms with van der Waals surface area (Å²) in [5, 5.41) is 3.57. The number of nitrogens with zero attached hydrogens (tertiary/aromatic N) is 1. The maximum atomic E-state index is 13.6. The number of nitrogens with one attached hydrogen (secondary N) is 1. The van der Waals surface area contributed by atoms with Crippen molar-refractivity contribution >= 4 is 35.2 Å². The highest BCUT2D eigenvalue weighted by Gasteiger charge is 2.30. The molecule has 0 aliphatic heterocycles. The number of unbranched alkanes of at least 4 members (excludes halogenated alkanes) is 1. The number of benzene rings is 3. The summed E-state index contributed by atoms with van der Waals surface area (Å²) in [7, 11) is 0. The van der Waals surface area contributed by atoms with E-state index in [4.69, 9.17) is 11.6 Å². The molecule has 0 heterocycles. The van der Waals surface area contributed by atoms with E-state index in [1.165, 1.54) is 23.9 Å². The zero-order valence-corrected chi connectivity index (χ0v) is 22.0. The third kappa shape index (κ3) is 8.68. The molecule has 1 atom stereocenters. The average Bonchev–Trinajstić information content (AvgIpc) is 2.89. The number of hydrogen-bond donors (Lipinski definition) is 1. The average molecular weight is 527 g/mol. The smallest absolute Gasteiger partial charge is 0.243 e. The lowest BCUT2D eigenvalue weighted by Gasteiger charge is -2.32. The fourth-order valence-corrected chi connectivity index (χ4v) is 4.86. The van der Waals surface area contributed by atoms with Crippen molar-refractivity contribution in [3.63, 3.8) is 0 Å². The molecule has 4 nitrogen and oxygen atoms in total. The summed E-state index contributed by atoms with van der Waals surface area (Å²) >= 11 is 7.88. The van der Waals surface area contributed by atoms with E-state index in [0.29, 0.717) is 23.7 Å². The topological polar surface area (TPSA) is 49.4 Å². The van der Waals surface area contributed by atoms with Gasteiger partial charge in [0, 0.05) is 30.3 Å². The van der Waals surface area contributed by atoms with Crippen LogP contribution in [0.2, 0.25) is 5.02 Å². The highest BCUT2D eigenvalue weighted by molar-refractivity contribution is 7.99. The number of thioether (sulfide) groups is 1. The minimum Gasteiger partial charge on any atom is -0.354 e. The lowest BCUT2D eigenvalue weighted by Crippen LogP contribution is -2.51. The Morgan fingerprint density at radius 2 is 1.67 bits per heavy atom. The minimum absolute atomic E-state index is 0.145. The van der Waals surface area contributed by atoms with E-state index in [9.17, 15) is 14.0 Å². The Morgan fingerprint density at radius 3 is 2.36 bits per heavy atom. The van der Waals surface area contributed by atoms with Gasteiger partial charge in [0.25, 0.3) is 0 Å². The molecule has 1 N–H and O–H groups in total. The van der Waals surface area contributed by atoms with Crippen molar-refractivity contribution in [2.45, 2.75) is 44.5 Å². The first-order valence-electron chi connectivity index (χ1n) is 12.1. The van der Waals surface area contributed by atoms with Crippen LogP contribution in [0.25, 0.3) is 0 Å². The van der Waals surface area contributed by atoms with Crippen LogP contribution in [0.15, 0.2) is 78.9 Å². The largest absolute Gasteiger partial charge is 0.354 e. The molecule has 0 radical (unpaired) electrons. The summed E-state index contributed by atoms with van der Waals surface area (Å²) in [4.78, 5) is 28.6. The number of hydrogen-bond acceptors (Lipinski definition) is 3. The van der Waals surface area contributed by atoms with E-state index in [1.807, 2.05) is 48.5 Å². The predicted molar refractivity (Wildman–Crippen MR) is 146 cm³/mol. The van der Waals surface area contributed by atoms with E-state index < -0.39 is 6.04 Å². The second-order valence-electron chi connectivity index (χ2n) is 8.58. The molecule has 3 rings (SSSR count). The molecule has 0 spiro atoms. The van der Waals surface area contributed by atoms with Crippen molar-refractivity contribution in [1.29, 1.82) is 0 Å². The van der Waals surface area contributed by atoms with Crippen molar-refractivity contribution in [1.82, 2.24) is 10.2 Å². The van der Waals surface area contributed by atoms with Gasteiger partial charge in [0.2, 0.25) is 11.8 Å². The first kappa shape index (κ1) is 27.8. The fraction of sp³-hybridized carbons (Fsp3) is 0.310. The van der Waals surface area contributed by atoms with Gasteiger partial charge in [-0.05, 0) is 41.3 Å². The van der Waals surface area contributed by atoms with E-state index in [2.05, 4.69) is 12.2 Å². The monoisotopic (exact) mass is 526 g/mol. The van der Waals surface area contributed by atoms with Crippen molar-refractivity contribution < 1.29 is 14.0 Å². The van der Waals surface area contributed by atoms with Gasteiger partial charge in [-0.2, -0.15) is 0 Å². The van der Waals surface area contributed by atoms with Gasteiger partial charge in [0.05, 0.1) is 5.75 Å². The summed E-state index contributed by atoms with van der Waals surface area (Å²) in [5.41, 5.74) is 2.70. The summed E-state index contributed by atoms with van der Waals surface area (Å²) in [6.45, 7) is 2.86. The van der Waals surface area contributed by atoms with Crippen LogP contribution >= 0.6 is 23.4 Å². The quantitative estimate of drug-likeness (QED) is 0.267. The Bertz CT molecular complexity index is 1110. The van der Waals surface area contributed by atoms with Crippen LogP contribution < -0.4 is 5.32 Å². The van der Waals surface area contributed by atoms with Crippen LogP contribution in [-0.4, -0.2) is 35.1 Å². The Morgan fingerprint density at radius 1 is 0.972 bits per heavy atom. The molecule has 36 heavy (non-hydrogen) atoms. The van der Waals surface area contributed by atoms with Crippen LogP contribution in [0.4, 0.5) is 4.39 Å². The van der Waals surface area contributed by atoms with Crippen LogP contribution in [0.5, 0.6) is 0 Å². The van der Waals surface area contributed by atoms with Gasteiger partial charge >= 0.3 is 0 Å². The van der Waals surface area contributed by atoms with Gasteiger partial charge in [-0.25, -0.2) is 4.39 Å². The molecule has 0 aromatic heterocycles. The Balaban J connectivity index is 1.83. The third-order valence-corrected chi connectivity index (χ3v) is 7.16. The fourth-order valence-electron chi connectivity index (χ4n) is 3.79. The molecule has 3 aromatic rings. The molecule has 7 heteroatoms. The van der Waals surface area contributed by atoms with E-state index >= 15 is 0 Å². The van der Waals surface area contributed by atoms with Gasteiger partial charge in [0.15, 0.2) is 0 Å². The minimum atomic E-state index is -0.681. The van der Waals surface area contributed by atoms with Crippen LogP contribution in [0.3, 0.4) is 0 Å². The Hall–Kier alpha value is -2.83. The lowest BCUT2D eigenvalue weighted by molar-refractivity contribution is -0.139. The molecule has 0 aliphatic rings. The van der Waals surface area contributed by atoms with Crippen molar-refractivity contribution in [3.8, 4) is 0 Å². The second-order valence-corrected chi connectivity index (χ2v) is 9.98. The molecule has 3 aromatic carbocycles. The zero-order chi connectivity index (χ0) is 25.8. The highest BCUT2D eigenvalue weighted by Crippen LogP contribution is 2.22. The summed E-state index contributed by atoms with van der Waals surface area (Å²) in [5.74, 6) is 0.154. The molecule has 0 bridgehead atoms.